The van der Waals surface area contributed by atoms with Gasteiger partial charge in [-0.05, 0) is 62.2 Å². The molecule has 3 rings (SSSR count). The first-order valence-electron chi connectivity index (χ1n) is 8.95. The van der Waals surface area contributed by atoms with Crippen molar-refractivity contribution in [3.63, 3.8) is 0 Å². The Morgan fingerprint density at radius 3 is 2.77 bits per heavy atom. The van der Waals surface area contributed by atoms with E-state index in [9.17, 15) is 5.11 Å². The fourth-order valence-electron chi connectivity index (χ4n) is 3.94. The number of hydrogen-bond donors (Lipinski definition) is 2. The summed E-state index contributed by atoms with van der Waals surface area (Å²) in [6.07, 6.45) is 5.54. The minimum absolute atomic E-state index is 0.0611. The second-order valence-electron chi connectivity index (χ2n) is 7.07. The Balaban J connectivity index is 1.45. The van der Waals surface area contributed by atoms with Crippen molar-refractivity contribution >= 4 is 0 Å². The van der Waals surface area contributed by atoms with Crippen molar-refractivity contribution in [1.29, 1.82) is 0 Å². The van der Waals surface area contributed by atoms with Gasteiger partial charge in [0.2, 0.25) is 0 Å². The molecule has 2 atom stereocenters. The summed E-state index contributed by atoms with van der Waals surface area (Å²) in [5.41, 5.74) is 3.05. The molecule has 0 amide bonds. The lowest BCUT2D eigenvalue weighted by Crippen LogP contribution is -2.38. The number of aliphatic hydroxyl groups is 1. The van der Waals surface area contributed by atoms with Crippen LogP contribution in [0.1, 0.15) is 49.8 Å². The van der Waals surface area contributed by atoms with Crippen LogP contribution in [0, 0.1) is 5.92 Å². The molecule has 1 fully saturated rings. The number of nitrogens with one attached hydrogen (secondary N) is 1. The van der Waals surface area contributed by atoms with Crippen molar-refractivity contribution < 1.29 is 5.11 Å². The van der Waals surface area contributed by atoms with Crippen LogP contribution in [-0.4, -0.2) is 42.3 Å². The topological polar surface area (TPSA) is 35.5 Å². The normalized spacial score (nSPS) is 26.8. The van der Waals surface area contributed by atoms with Crippen LogP contribution in [0.2, 0.25) is 0 Å². The average molecular weight is 302 g/mol. The first kappa shape index (κ1) is 16.0. The summed E-state index contributed by atoms with van der Waals surface area (Å²) >= 11 is 0. The van der Waals surface area contributed by atoms with Gasteiger partial charge in [0, 0.05) is 19.1 Å². The summed E-state index contributed by atoms with van der Waals surface area (Å²) in [4.78, 5) is 2.49. The highest BCUT2D eigenvalue weighted by molar-refractivity contribution is 5.32. The van der Waals surface area contributed by atoms with Gasteiger partial charge in [0.05, 0.1) is 6.10 Å². The van der Waals surface area contributed by atoms with Crippen molar-refractivity contribution in [3.8, 4) is 0 Å². The molecule has 1 aliphatic carbocycles. The molecule has 1 aromatic rings. The van der Waals surface area contributed by atoms with Gasteiger partial charge in [-0.2, -0.15) is 0 Å². The maximum atomic E-state index is 9.55. The molecule has 1 heterocycles. The molecule has 122 valence electrons. The zero-order valence-electron chi connectivity index (χ0n) is 13.8. The minimum Gasteiger partial charge on any atom is -0.393 e. The highest BCUT2D eigenvalue weighted by Gasteiger charge is 2.25. The molecule has 0 spiro atoms. The summed E-state index contributed by atoms with van der Waals surface area (Å²) in [5.74, 6) is 0.722. The van der Waals surface area contributed by atoms with E-state index < -0.39 is 0 Å². The van der Waals surface area contributed by atoms with Gasteiger partial charge in [-0.1, -0.05) is 31.2 Å². The third-order valence-corrected chi connectivity index (χ3v) is 5.40. The Morgan fingerprint density at radius 1 is 1.18 bits per heavy atom. The molecule has 2 unspecified atom stereocenters. The van der Waals surface area contributed by atoms with Crippen molar-refractivity contribution in [3.05, 3.63) is 35.4 Å². The van der Waals surface area contributed by atoms with Gasteiger partial charge in [-0.15, -0.1) is 0 Å². The molecular weight excluding hydrogens is 272 g/mol. The van der Waals surface area contributed by atoms with E-state index >= 15 is 0 Å². The molecule has 2 aliphatic rings. The number of aryl methyl sites for hydroxylation is 1. The molecule has 1 aliphatic heterocycles. The molecule has 22 heavy (non-hydrogen) atoms. The second kappa shape index (κ2) is 7.58. The molecule has 2 N–H and O–H groups in total. The van der Waals surface area contributed by atoms with Gasteiger partial charge in [0.25, 0.3) is 0 Å². The predicted octanol–water partition coefficient (Wildman–Crippen LogP) is 2.75. The first-order chi connectivity index (χ1) is 10.7. The maximum Gasteiger partial charge on any atom is 0.0564 e. The first-order valence-corrected chi connectivity index (χ1v) is 8.95. The highest BCUT2D eigenvalue weighted by Crippen LogP contribution is 2.33. The van der Waals surface area contributed by atoms with Crippen LogP contribution in [0.4, 0.5) is 0 Å². The lowest BCUT2D eigenvalue weighted by Gasteiger charge is -2.33. The smallest absolute Gasteiger partial charge is 0.0564 e. The quantitative estimate of drug-likeness (QED) is 0.821. The molecule has 0 radical (unpaired) electrons. The molecular formula is C19H30N2O. The van der Waals surface area contributed by atoms with Gasteiger partial charge in [0.15, 0.2) is 0 Å². The van der Waals surface area contributed by atoms with Gasteiger partial charge in [0.1, 0.15) is 0 Å². The predicted molar refractivity (Wildman–Crippen MR) is 91.0 cm³/mol. The van der Waals surface area contributed by atoms with Gasteiger partial charge in [-0.25, -0.2) is 0 Å². The number of nitrogens with zero attached hydrogens (tertiary/aromatic N) is 1. The van der Waals surface area contributed by atoms with E-state index in [1.807, 2.05) is 0 Å². The molecule has 3 nitrogen and oxygen atoms in total. The molecule has 1 aromatic carbocycles. The minimum atomic E-state index is -0.0611. The third-order valence-electron chi connectivity index (χ3n) is 5.40. The van der Waals surface area contributed by atoms with Crippen LogP contribution in [0.3, 0.4) is 0 Å². The molecule has 0 bridgehead atoms. The van der Waals surface area contributed by atoms with Gasteiger partial charge in [-0.3, -0.25) is 0 Å². The van der Waals surface area contributed by atoms with E-state index in [4.69, 9.17) is 0 Å². The number of likely N-dealkylation sites (tertiary alicyclic amines) is 1. The van der Waals surface area contributed by atoms with Crippen LogP contribution in [0.25, 0.3) is 0 Å². The Bertz CT molecular complexity index is 468. The van der Waals surface area contributed by atoms with Crippen molar-refractivity contribution in [1.82, 2.24) is 10.2 Å². The summed E-state index contributed by atoms with van der Waals surface area (Å²) in [5, 5.41) is 13.4. The molecule has 0 aromatic heterocycles. The van der Waals surface area contributed by atoms with E-state index in [0.29, 0.717) is 6.04 Å². The zero-order valence-corrected chi connectivity index (χ0v) is 13.8. The van der Waals surface area contributed by atoms with E-state index in [1.54, 1.807) is 0 Å². The zero-order chi connectivity index (χ0) is 15.4. The average Bonchev–Trinajstić information content (AvgIpc) is 2.55. The fraction of sp³-hybridized carbons (Fsp3) is 0.684. The van der Waals surface area contributed by atoms with E-state index in [1.165, 1.54) is 30.4 Å². The maximum absolute atomic E-state index is 9.55. The van der Waals surface area contributed by atoms with Crippen molar-refractivity contribution in [2.45, 2.75) is 51.2 Å². The number of piperidine rings is 1. The van der Waals surface area contributed by atoms with Crippen LogP contribution >= 0.6 is 0 Å². The van der Waals surface area contributed by atoms with Gasteiger partial charge >= 0.3 is 0 Å². The summed E-state index contributed by atoms with van der Waals surface area (Å²) in [7, 11) is 0. The monoisotopic (exact) mass is 302 g/mol. The number of aliphatic hydroxyl groups excluding tert-OH is 1. The molecule has 1 saturated heterocycles. The third kappa shape index (κ3) is 3.89. The number of fused-ring (bicyclic) bond motifs is 1. The van der Waals surface area contributed by atoms with Crippen LogP contribution in [0.5, 0.6) is 0 Å². The lowest BCUT2D eigenvalue weighted by atomic mass is 9.80. The van der Waals surface area contributed by atoms with Gasteiger partial charge < -0.3 is 15.3 Å². The summed E-state index contributed by atoms with van der Waals surface area (Å²) in [6, 6.07) is 9.44. The SMILES string of the molecule is CC1CCc2ccccc2C1NCCCN1CCC(O)CC1. The van der Waals surface area contributed by atoms with E-state index in [-0.39, 0.29) is 6.10 Å². The van der Waals surface area contributed by atoms with Crippen LogP contribution in [0.15, 0.2) is 24.3 Å². The molecule has 0 saturated carbocycles. The van der Waals surface area contributed by atoms with Crippen molar-refractivity contribution in [2.75, 3.05) is 26.2 Å². The second-order valence-corrected chi connectivity index (χ2v) is 7.07. The van der Waals surface area contributed by atoms with Crippen LogP contribution in [-0.2, 0) is 6.42 Å². The Hall–Kier alpha value is -0.900. The summed E-state index contributed by atoms with van der Waals surface area (Å²) < 4.78 is 0. The number of benzene rings is 1. The standard InChI is InChI=1S/C19H30N2O/c1-15-7-8-16-5-2-3-6-18(16)19(15)20-11-4-12-21-13-9-17(22)10-14-21/h2-3,5-6,15,17,19-20,22H,4,7-14H2,1H3. The van der Waals surface area contributed by atoms with E-state index in [2.05, 4.69) is 41.4 Å². The number of hydrogen-bond acceptors (Lipinski definition) is 3. The Kier molecular flexibility index (Phi) is 5.51. The Labute approximate surface area is 134 Å². The summed E-state index contributed by atoms with van der Waals surface area (Å²) in [6.45, 7) is 6.73. The fourth-order valence-corrected chi connectivity index (χ4v) is 3.94. The highest BCUT2D eigenvalue weighted by atomic mass is 16.3. The largest absolute Gasteiger partial charge is 0.393 e. The lowest BCUT2D eigenvalue weighted by molar-refractivity contribution is 0.0819. The number of rotatable bonds is 5. The van der Waals surface area contributed by atoms with Crippen LogP contribution < -0.4 is 5.32 Å². The Morgan fingerprint density at radius 2 is 1.95 bits per heavy atom. The van der Waals surface area contributed by atoms with Crippen molar-refractivity contribution in [2.24, 2.45) is 5.92 Å². The molecule has 3 heteroatoms. The van der Waals surface area contributed by atoms with E-state index in [0.717, 1.165) is 44.9 Å².